The van der Waals surface area contributed by atoms with Crippen molar-refractivity contribution >= 4 is 28.4 Å². The molecule has 1 fully saturated rings. The topological polar surface area (TPSA) is 61.9 Å². The standard InChI is InChI=1S/C20H21ClN4O/c1-2-13-11-22-24-18(13)15-6-4-10-25(12-15)20(26)17-9-8-14-5-3-7-16(21)19(14)23-17/h3,5,7-9,11,15H,2,4,6,10,12H2,1H3,(H,22,24)/t15-/m1/s1. The highest BCUT2D eigenvalue weighted by molar-refractivity contribution is 6.35. The van der Waals surface area contributed by atoms with Gasteiger partial charge in [-0.2, -0.15) is 5.10 Å². The lowest BCUT2D eigenvalue weighted by Crippen LogP contribution is -2.39. The van der Waals surface area contributed by atoms with Crippen LogP contribution in [0.3, 0.4) is 0 Å². The molecule has 0 saturated carbocycles. The highest BCUT2D eigenvalue weighted by Gasteiger charge is 2.28. The Morgan fingerprint density at radius 3 is 3.08 bits per heavy atom. The minimum atomic E-state index is -0.0333. The molecular weight excluding hydrogens is 348 g/mol. The maximum Gasteiger partial charge on any atom is 0.272 e. The van der Waals surface area contributed by atoms with Crippen LogP contribution in [-0.4, -0.2) is 39.1 Å². The number of hydrogen-bond donors (Lipinski definition) is 1. The molecular formula is C20H21ClN4O. The van der Waals surface area contributed by atoms with Crippen molar-refractivity contribution < 1.29 is 4.79 Å². The van der Waals surface area contributed by atoms with Crippen LogP contribution in [0.1, 0.15) is 47.4 Å². The maximum absolute atomic E-state index is 13.0. The summed E-state index contributed by atoms with van der Waals surface area (Å²) >= 11 is 6.25. The molecule has 6 heteroatoms. The zero-order chi connectivity index (χ0) is 18.1. The molecule has 134 valence electrons. The van der Waals surface area contributed by atoms with Crippen LogP contribution in [-0.2, 0) is 6.42 Å². The van der Waals surface area contributed by atoms with Gasteiger partial charge in [0.2, 0.25) is 0 Å². The summed E-state index contributed by atoms with van der Waals surface area (Å²) in [6.45, 7) is 3.58. The van der Waals surface area contributed by atoms with Crippen molar-refractivity contribution in [3.8, 4) is 0 Å². The zero-order valence-corrected chi connectivity index (χ0v) is 15.5. The molecule has 0 bridgehead atoms. The van der Waals surface area contributed by atoms with Crippen molar-refractivity contribution in [3.05, 3.63) is 58.5 Å². The molecule has 1 N–H and O–H groups in total. The van der Waals surface area contributed by atoms with Crippen molar-refractivity contribution in [3.63, 3.8) is 0 Å². The fraction of sp³-hybridized carbons (Fsp3) is 0.350. The molecule has 0 unspecified atom stereocenters. The van der Waals surface area contributed by atoms with Gasteiger partial charge < -0.3 is 4.90 Å². The Bertz CT molecular complexity index is 952. The number of fused-ring (bicyclic) bond motifs is 1. The van der Waals surface area contributed by atoms with Gasteiger partial charge in [-0.3, -0.25) is 9.89 Å². The largest absolute Gasteiger partial charge is 0.337 e. The number of aryl methyl sites for hydroxylation is 1. The first-order valence-corrected chi connectivity index (χ1v) is 9.42. The van der Waals surface area contributed by atoms with Gasteiger partial charge in [-0.05, 0) is 37.0 Å². The zero-order valence-electron chi connectivity index (χ0n) is 14.7. The van der Waals surface area contributed by atoms with Gasteiger partial charge in [-0.15, -0.1) is 0 Å². The van der Waals surface area contributed by atoms with E-state index in [1.54, 1.807) is 12.1 Å². The van der Waals surface area contributed by atoms with E-state index in [9.17, 15) is 4.79 Å². The number of halogens is 1. The van der Waals surface area contributed by atoms with Crippen molar-refractivity contribution in [1.29, 1.82) is 0 Å². The molecule has 3 aromatic rings. The number of piperidine rings is 1. The van der Waals surface area contributed by atoms with Crippen LogP contribution in [0.15, 0.2) is 36.5 Å². The van der Waals surface area contributed by atoms with E-state index in [-0.39, 0.29) is 5.91 Å². The Morgan fingerprint density at radius 1 is 1.35 bits per heavy atom. The first-order valence-electron chi connectivity index (χ1n) is 9.04. The van der Waals surface area contributed by atoms with Gasteiger partial charge in [-0.1, -0.05) is 36.7 Å². The third-order valence-corrected chi connectivity index (χ3v) is 5.44. The molecule has 0 spiro atoms. The third kappa shape index (κ3) is 3.07. The SMILES string of the molecule is CCc1cn[nH]c1[C@@H]1CCCN(C(=O)c2ccc3cccc(Cl)c3n2)C1. The fourth-order valence-corrected chi connectivity index (χ4v) is 3.97. The van der Waals surface area contributed by atoms with Gasteiger partial charge in [0.05, 0.1) is 16.7 Å². The lowest BCUT2D eigenvalue weighted by Gasteiger charge is -2.32. The number of H-pyrrole nitrogens is 1. The molecule has 4 rings (SSSR count). The van der Waals surface area contributed by atoms with Crippen LogP contribution in [0, 0.1) is 0 Å². The average molecular weight is 369 g/mol. The Balaban J connectivity index is 1.59. The van der Waals surface area contributed by atoms with Gasteiger partial charge in [0.1, 0.15) is 5.69 Å². The number of aromatic amines is 1. The first kappa shape index (κ1) is 17.0. The number of carbonyl (C=O) groups excluding carboxylic acids is 1. The van der Waals surface area contributed by atoms with Crippen LogP contribution in [0.2, 0.25) is 5.02 Å². The lowest BCUT2D eigenvalue weighted by atomic mass is 9.92. The number of likely N-dealkylation sites (tertiary alicyclic amines) is 1. The Hall–Kier alpha value is -2.40. The second kappa shape index (κ2) is 7.08. The summed E-state index contributed by atoms with van der Waals surface area (Å²) < 4.78 is 0. The van der Waals surface area contributed by atoms with Crippen molar-refractivity contribution in [2.75, 3.05) is 13.1 Å². The maximum atomic E-state index is 13.0. The summed E-state index contributed by atoms with van der Waals surface area (Å²) in [4.78, 5) is 19.4. The smallest absolute Gasteiger partial charge is 0.272 e. The average Bonchev–Trinajstić information content (AvgIpc) is 3.16. The number of carbonyl (C=O) groups is 1. The minimum Gasteiger partial charge on any atom is -0.337 e. The Labute approximate surface area is 157 Å². The summed E-state index contributed by atoms with van der Waals surface area (Å²) in [5, 5.41) is 8.83. The van der Waals surface area contributed by atoms with E-state index in [4.69, 9.17) is 11.6 Å². The summed E-state index contributed by atoms with van der Waals surface area (Å²) in [5.74, 6) is 0.267. The van der Waals surface area contributed by atoms with Crippen LogP contribution >= 0.6 is 11.6 Å². The van der Waals surface area contributed by atoms with E-state index >= 15 is 0 Å². The molecule has 0 radical (unpaired) electrons. The Kier molecular flexibility index (Phi) is 4.64. The van der Waals surface area contributed by atoms with E-state index in [1.807, 2.05) is 29.3 Å². The van der Waals surface area contributed by atoms with Crippen molar-refractivity contribution in [2.24, 2.45) is 0 Å². The monoisotopic (exact) mass is 368 g/mol. The van der Waals surface area contributed by atoms with Gasteiger partial charge in [-0.25, -0.2) is 4.98 Å². The van der Waals surface area contributed by atoms with Gasteiger partial charge in [0.25, 0.3) is 5.91 Å². The van der Waals surface area contributed by atoms with E-state index in [0.717, 1.165) is 31.2 Å². The Morgan fingerprint density at radius 2 is 2.23 bits per heavy atom. The van der Waals surface area contributed by atoms with E-state index in [0.29, 0.717) is 28.7 Å². The fourth-order valence-electron chi connectivity index (χ4n) is 3.75. The molecule has 1 aromatic carbocycles. The number of nitrogens with one attached hydrogen (secondary N) is 1. The second-order valence-electron chi connectivity index (χ2n) is 6.76. The van der Waals surface area contributed by atoms with E-state index in [2.05, 4.69) is 22.1 Å². The normalized spacial score (nSPS) is 17.6. The van der Waals surface area contributed by atoms with Gasteiger partial charge in [0, 0.05) is 30.1 Å². The predicted octanol–water partition coefficient (Wildman–Crippen LogP) is 4.19. The third-order valence-electron chi connectivity index (χ3n) is 5.14. The molecule has 0 aliphatic carbocycles. The molecule has 1 amide bonds. The molecule has 5 nitrogen and oxygen atoms in total. The van der Waals surface area contributed by atoms with Gasteiger partial charge >= 0.3 is 0 Å². The van der Waals surface area contributed by atoms with Crippen LogP contribution in [0.4, 0.5) is 0 Å². The highest BCUT2D eigenvalue weighted by Crippen LogP contribution is 2.29. The number of aromatic nitrogens is 3. The number of para-hydroxylation sites is 1. The molecule has 1 atom stereocenters. The predicted molar refractivity (Wildman–Crippen MR) is 103 cm³/mol. The summed E-state index contributed by atoms with van der Waals surface area (Å²) in [6.07, 6.45) is 4.88. The molecule has 3 heterocycles. The molecule has 1 aliphatic heterocycles. The lowest BCUT2D eigenvalue weighted by molar-refractivity contribution is 0.0700. The molecule has 26 heavy (non-hydrogen) atoms. The number of hydrogen-bond acceptors (Lipinski definition) is 3. The van der Waals surface area contributed by atoms with E-state index in [1.165, 1.54) is 11.3 Å². The summed E-state index contributed by atoms with van der Waals surface area (Å²) in [5.41, 5.74) is 3.53. The highest BCUT2D eigenvalue weighted by atomic mass is 35.5. The summed E-state index contributed by atoms with van der Waals surface area (Å²) in [6, 6.07) is 9.33. The number of benzene rings is 1. The number of amides is 1. The second-order valence-corrected chi connectivity index (χ2v) is 7.17. The quantitative estimate of drug-likeness (QED) is 0.753. The number of rotatable bonds is 3. The van der Waals surface area contributed by atoms with Crippen molar-refractivity contribution in [1.82, 2.24) is 20.1 Å². The summed E-state index contributed by atoms with van der Waals surface area (Å²) in [7, 11) is 0. The molecule has 1 aliphatic rings. The van der Waals surface area contributed by atoms with E-state index < -0.39 is 0 Å². The molecule has 1 saturated heterocycles. The van der Waals surface area contributed by atoms with Crippen LogP contribution < -0.4 is 0 Å². The minimum absolute atomic E-state index is 0.0333. The number of nitrogens with zero attached hydrogens (tertiary/aromatic N) is 3. The first-order chi connectivity index (χ1) is 12.7. The molecule has 2 aromatic heterocycles. The van der Waals surface area contributed by atoms with Crippen LogP contribution in [0.5, 0.6) is 0 Å². The van der Waals surface area contributed by atoms with Crippen molar-refractivity contribution in [2.45, 2.75) is 32.1 Å². The number of pyridine rings is 1. The van der Waals surface area contributed by atoms with Crippen LogP contribution in [0.25, 0.3) is 10.9 Å². The van der Waals surface area contributed by atoms with Gasteiger partial charge in [0.15, 0.2) is 0 Å².